The van der Waals surface area contributed by atoms with Crippen LogP contribution in [0.3, 0.4) is 0 Å². The molecule has 0 radical (unpaired) electrons. The Balaban J connectivity index is 0.867. The van der Waals surface area contributed by atoms with Crippen LogP contribution in [0.2, 0.25) is 0 Å². The van der Waals surface area contributed by atoms with Crippen molar-refractivity contribution in [3.63, 3.8) is 0 Å². The zero-order valence-electron chi connectivity index (χ0n) is 40.2. The zero-order valence-corrected chi connectivity index (χ0v) is 41.0. The molecule has 4 aromatic rings. The third-order valence-electron chi connectivity index (χ3n) is 12.3. The summed E-state index contributed by atoms with van der Waals surface area (Å²) in [6.45, 7) is 12.1. The molecule has 0 aliphatic carbocycles. The Morgan fingerprint density at radius 3 is 2.23 bits per heavy atom. The van der Waals surface area contributed by atoms with Gasteiger partial charge in [-0.15, -0.1) is 11.3 Å². The summed E-state index contributed by atoms with van der Waals surface area (Å²) >= 11 is 1.56. The zero-order chi connectivity index (χ0) is 51.0. The van der Waals surface area contributed by atoms with Crippen LogP contribution in [-0.4, -0.2) is 94.7 Å². The third kappa shape index (κ3) is 12.7. The van der Waals surface area contributed by atoms with Crippen molar-refractivity contribution >= 4 is 52.4 Å². The number of halogens is 3. The topological polar surface area (TPSA) is 194 Å². The third-order valence-corrected chi connectivity index (χ3v) is 13.3. The number of thiazole rings is 1. The Labute approximate surface area is 409 Å². The van der Waals surface area contributed by atoms with Crippen molar-refractivity contribution in [1.82, 2.24) is 20.5 Å². The minimum atomic E-state index is -4.87. The number of benzene rings is 3. The Bertz CT molecular complexity index is 2550. The molecule has 374 valence electrons. The van der Waals surface area contributed by atoms with E-state index in [-0.39, 0.29) is 43.4 Å². The number of nitriles is 1. The van der Waals surface area contributed by atoms with Gasteiger partial charge >= 0.3 is 12.2 Å². The standard InChI is InChI=1S/C51H60F3N7O8S/c1-32-43(70-31-57-32)34-15-13-33(14-16-34)29-56-45(64)41-27-38(62)30-59(41)46(65)44(49(2,3)4)58-42(63)12-8-11-24-68-23-9-7-10-25-69-39-21-19-36(20-22-39)61-48(67)60(47(66)50(61,5)6)37-18-17-35(28-55)40(26-37)51(52,53)54/h13-22,26,31,38,41,44,62H,7-12,23-25,27,29-30H2,1-6H3,(H,56,64)(H,58,63)/t38-,41+,44-/m1/s1. The van der Waals surface area contributed by atoms with Crippen molar-refractivity contribution in [2.45, 2.75) is 123 Å². The van der Waals surface area contributed by atoms with E-state index >= 15 is 0 Å². The summed E-state index contributed by atoms with van der Waals surface area (Å²) < 4.78 is 52.6. The average molecular weight is 988 g/mol. The molecule has 0 saturated carbocycles. The number of aromatic nitrogens is 1. The number of carbonyl (C=O) groups is 5. The van der Waals surface area contributed by atoms with Crippen LogP contribution in [0.5, 0.6) is 5.75 Å². The number of unbranched alkanes of at least 4 members (excludes halogenated alkanes) is 3. The lowest BCUT2D eigenvalue weighted by Gasteiger charge is -2.35. The molecule has 0 unspecified atom stereocenters. The summed E-state index contributed by atoms with van der Waals surface area (Å²) in [5, 5.41) is 25.5. The predicted molar refractivity (Wildman–Crippen MR) is 258 cm³/mol. The summed E-state index contributed by atoms with van der Waals surface area (Å²) in [5.74, 6) is -1.28. The highest BCUT2D eigenvalue weighted by Crippen LogP contribution is 2.40. The average Bonchev–Trinajstić information content (AvgIpc) is 3.98. The molecule has 3 aromatic carbocycles. The van der Waals surface area contributed by atoms with E-state index in [0.29, 0.717) is 55.1 Å². The number of aliphatic hydroxyl groups is 1. The number of imide groups is 1. The molecule has 3 atom stereocenters. The smallest absolute Gasteiger partial charge is 0.417 e. The highest BCUT2D eigenvalue weighted by atomic mass is 32.1. The van der Waals surface area contributed by atoms with Crippen molar-refractivity contribution in [2.24, 2.45) is 5.41 Å². The number of alkyl halides is 3. The van der Waals surface area contributed by atoms with Crippen molar-refractivity contribution in [1.29, 1.82) is 5.26 Å². The Kier molecular flexibility index (Phi) is 17.1. The molecule has 0 spiro atoms. The van der Waals surface area contributed by atoms with Crippen LogP contribution in [0.15, 0.2) is 72.2 Å². The van der Waals surface area contributed by atoms with E-state index in [2.05, 4.69) is 15.6 Å². The number of amides is 6. The number of anilines is 2. The maximum absolute atomic E-state index is 14.0. The van der Waals surface area contributed by atoms with Gasteiger partial charge in [0.1, 0.15) is 23.4 Å². The number of aryl methyl sites for hydroxylation is 1. The van der Waals surface area contributed by atoms with Gasteiger partial charge < -0.3 is 30.1 Å². The van der Waals surface area contributed by atoms with Crippen LogP contribution >= 0.6 is 11.3 Å². The second-order valence-electron chi connectivity index (χ2n) is 19.1. The predicted octanol–water partition coefficient (Wildman–Crippen LogP) is 8.31. The molecule has 2 aliphatic rings. The summed E-state index contributed by atoms with van der Waals surface area (Å²) in [5.41, 5.74) is 0.775. The molecule has 2 saturated heterocycles. The van der Waals surface area contributed by atoms with Gasteiger partial charge in [-0.1, -0.05) is 45.0 Å². The SMILES string of the molecule is Cc1ncsc1-c1ccc(CNC(=O)[C@@H]2C[C@@H](O)CN2C(=O)[C@@H](NC(=O)CCCCOCCCCCOc2ccc(N3C(=O)N(c4ccc(C#N)c(C(F)(F)F)c4)C(=O)C3(C)C)cc2)C(C)(C)C)cc1. The van der Waals surface area contributed by atoms with E-state index in [1.165, 1.54) is 29.7 Å². The van der Waals surface area contributed by atoms with Crippen molar-refractivity contribution in [2.75, 3.05) is 36.2 Å². The van der Waals surface area contributed by atoms with Gasteiger partial charge in [-0.05, 0) is 112 Å². The quantitative estimate of drug-likeness (QED) is 0.0573. The minimum absolute atomic E-state index is 0.0120. The van der Waals surface area contributed by atoms with Gasteiger partial charge in [-0.2, -0.15) is 18.4 Å². The Hall–Kier alpha value is -6.36. The summed E-state index contributed by atoms with van der Waals surface area (Å²) in [6.07, 6.45) is -1.95. The molecule has 19 heteroatoms. The number of likely N-dealkylation sites (tertiary alicyclic amines) is 1. The molecule has 2 aliphatic heterocycles. The van der Waals surface area contributed by atoms with Crippen LogP contribution in [0.1, 0.15) is 102 Å². The van der Waals surface area contributed by atoms with E-state index in [1.54, 1.807) is 41.1 Å². The van der Waals surface area contributed by atoms with Crippen molar-refractivity contribution < 1.29 is 51.7 Å². The number of hydrogen-bond acceptors (Lipinski definition) is 11. The first-order valence-corrected chi connectivity index (χ1v) is 24.2. The van der Waals surface area contributed by atoms with Gasteiger partial charge in [0.15, 0.2) is 0 Å². The number of ether oxygens (including phenoxy) is 2. The molecule has 3 heterocycles. The highest BCUT2D eigenvalue weighted by Gasteiger charge is 2.53. The monoisotopic (exact) mass is 987 g/mol. The lowest BCUT2D eigenvalue weighted by molar-refractivity contribution is -0.144. The number of β-amino-alcohol motifs (C(OH)–C–C–N with tert-alkyl or cyclic N) is 1. The lowest BCUT2D eigenvalue weighted by Crippen LogP contribution is -2.57. The maximum Gasteiger partial charge on any atom is 0.417 e. The second-order valence-corrected chi connectivity index (χ2v) is 19.9. The number of rotatable bonds is 20. The molecule has 0 bridgehead atoms. The Morgan fingerprint density at radius 1 is 0.943 bits per heavy atom. The molecular weight excluding hydrogens is 928 g/mol. The summed E-state index contributed by atoms with van der Waals surface area (Å²) in [6, 6.07) is 15.9. The van der Waals surface area contributed by atoms with Crippen LogP contribution in [0.4, 0.5) is 29.3 Å². The summed E-state index contributed by atoms with van der Waals surface area (Å²) in [4.78, 5) is 76.1. The second kappa shape index (κ2) is 22.6. The van der Waals surface area contributed by atoms with Gasteiger partial charge in [-0.3, -0.25) is 24.1 Å². The van der Waals surface area contributed by atoms with Crippen molar-refractivity contribution in [3.05, 3.63) is 94.6 Å². The number of nitrogens with zero attached hydrogens (tertiary/aromatic N) is 5. The molecular formula is C51H60F3N7O8S. The van der Waals surface area contributed by atoms with Crippen molar-refractivity contribution in [3.8, 4) is 22.3 Å². The first kappa shape index (κ1) is 53.0. The largest absolute Gasteiger partial charge is 0.494 e. The normalized spacial score (nSPS) is 17.4. The van der Waals surface area contributed by atoms with E-state index in [1.807, 2.05) is 52.0 Å². The first-order valence-electron chi connectivity index (χ1n) is 23.3. The number of urea groups is 1. The lowest BCUT2D eigenvalue weighted by atomic mass is 9.85. The Morgan fingerprint density at radius 2 is 1.60 bits per heavy atom. The molecule has 70 heavy (non-hydrogen) atoms. The van der Waals surface area contributed by atoms with Gasteiger partial charge in [0.2, 0.25) is 17.7 Å². The fourth-order valence-electron chi connectivity index (χ4n) is 8.43. The van der Waals surface area contributed by atoms with Crippen LogP contribution in [0.25, 0.3) is 10.4 Å². The van der Waals surface area contributed by atoms with Gasteiger partial charge in [0.25, 0.3) is 5.91 Å². The maximum atomic E-state index is 14.0. The highest BCUT2D eigenvalue weighted by molar-refractivity contribution is 7.13. The molecule has 15 nitrogen and oxygen atoms in total. The molecule has 6 amide bonds. The van der Waals surface area contributed by atoms with Crippen LogP contribution < -0.4 is 25.2 Å². The number of nitrogens with one attached hydrogen (secondary N) is 2. The van der Waals surface area contributed by atoms with E-state index in [4.69, 9.17) is 14.7 Å². The van der Waals surface area contributed by atoms with Gasteiger partial charge in [0, 0.05) is 44.8 Å². The van der Waals surface area contributed by atoms with Gasteiger partial charge in [0.05, 0.1) is 51.7 Å². The van der Waals surface area contributed by atoms with E-state index in [9.17, 15) is 42.3 Å². The number of aliphatic hydroxyl groups excluding tert-OH is 1. The molecule has 2 fully saturated rings. The summed E-state index contributed by atoms with van der Waals surface area (Å²) in [7, 11) is 0. The number of hydrogen-bond donors (Lipinski definition) is 3. The fourth-order valence-corrected chi connectivity index (χ4v) is 9.24. The molecule has 3 N–H and O–H groups in total. The van der Waals surface area contributed by atoms with Gasteiger partial charge in [-0.25, -0.2) is 14.7 Å². The first-order chi connectivity index (χ1) is 33.1. The fraction of sp³-hybridized carbons (Fsp3) is 0.471. The van der Waals surface area contributed by atoms with E-state index < -0.39 is 64.3 Å². The molecule has 1 aromatic heterocycles. The molecule has 6 rings (SSSR count). The van der Waals surface area contributed by atoms with E-state index in [0.717, 1.165) is 53.1 Å². The number of carbonyl (C=O) groups excluding carboxylic acids is 5. The van der Waals surface area contributed by atoms with Crippen LogP contribution in [-0.2, 0) is 36.6 Å². The van der Waals surface area contributed by atoms with Crippen LogP contribution in [0, 0.1) is 23.7 Å². The minimum Gasteiger partial charge on any atom is -0.494 e.